The van der Waals surface area contributed by atoms with E-state index in [1.165, 1.54) is 19.1 Å². The monoisotopic (exact) mass is 608 g/mol. The highest BCUT2D eigenvalue weighted by Crippen LogP contribution is 2.45. The summed E-state index contributed by atoms with van der Waals surface area (Å²) < 4.78 is 22.1. The first kappa shape index (κ1) is 31.6. The average Bonchev–Trinajstić information content (AvgIpc) is 3.53. The van der Waals surface area contributed by atoms with Gasteiger partial charge in [-0.05, 0) is 49.6 Å². The minimum Gasteiger partial charge on any atom is -0.507 e. The number of carbonyl (C=O) groups is 3. The van der Waals surface area contributed by atoms with E-state index in [9.17, 15) is 19.5 Å². The maximum absolute atomic E-state index is 13.6. The van der Waals surface area contributed by atoms with Gasteiger partial charge in [0.15, 0.2) is 16.6 Å². The number of unbranched alkanes of at least 4 members (excludes halogenated alkanes) is 2. The predicted molar refractivity (Wildman–Crippen MR) is 163 cm³/mol. The number of aliphatic hydroxyl groups is 1. The number of aromatic nitrogens is 1. The second-order valence-corrected chi connectivity index (χ2v) is 10.9. The van der Waals surface area contributed by atoms with Gasteiger partial charge in [0.25, 0.3) is 5.78 Å². The van der Waals surface area contributed by atoms with E-state index in [-0.39, 0.29) is 21.3 Å². The van der Waals surface area contributed by atoms with Crippen LogP contribution in [0.3, 0.4) is 0 Å². The zero-order valence-electron chi connectivity index (χ0n) is 25.0. The number of hydrogen-bond acceptors (Lipinski definition) is 10. The highest BCUT2D eigenvalue weighted by atomic mass is 32.1. The molecule has 1 atom stereocenters. The number of rotatable bonds is 13. The number of benzene rings is 2. The Morgan fingerprint density at radius 3 is 2.49 bits per heavy atom. The SMILES string of the molecule is CCCCCOc1ccc(C2C(=C(O)c3cccc(OCCC)c3)C(=O)C(=O)N2c2nc(C)c(C(=O)OC)s2)cc1OC. The van der Waals surface area contributed by atoms with Gasteiger partial charge in [0, 0.05) is 5.56 Å². The van der Waals surface area contributed by atoms with Crippen molar-refractivity contribution in [2.75, 3.05) is 32.3 Å². The molecule has 1 aromatic heterocycles. The zero-order valence-corrected chi connectivity index (χ0v) is 25.8. The Kier molecular flexibility index (Phi) is 10.4. The number of aliphatic hydroxyl groups excluding tert-OH is 1. The lowest BCUT2D eigenvalue weighted by atomic mass is 9.95. The number of aryl methyl sites for hydroxylation is 1. The van der Waals surface area contributed by atoms with E-state index in [0.717, 1.165) is 37.0 Å². The summed E-state index contributed by atoms with van der Waals surface area (Å²) in [7, 11) is 2.76. The summed E-state index contributed by atoms with van der Waals surface area (Å²) in [5, 5.41) is 11.7. The van der Waals surface area contributed by atoms with Crippen LogP contribution < -0.4 is 19.1 Å². The zero-order chi connectivity index (χ0) is 31.1. The Morgan fingerprint density at radius 2 is 1.79 bits per heavy atom. The molecule has 1 aliphatic heterocycles. The number of ether oxygens (including phenoxy) is 4. The Bertz CT molecular complexity index is 1530. The van der Waals surface area contributed by atoms with Crippen LogP contribution in [0, 0.1) is 6.92 Å². The Labute approximate surface area is 254 Å². The van der Waals surface area contributed by atoms with Crippen molar-refractivity contribution < 1.29 is 38.4 Å². The summed E-state index contributed by atoms with van der Waals surface area (Å²) >= 11 is 0.931. The number of thiazole rings is 1. The van der Waals surface area contributed by atoms with E-state index < -0.39 is 23.7 Å². The molecule has 0 radical (unpaired) electrons. The van der Waals surface area contributed by atoms with Gasteiger partial charge < -0.3 is 24.1 Å². The number of hydrogen-bond donors (Lipinski definition) is 1. The number of ketones is 1. The van der Waals surface area contributed by atoms with Gasteiger partial charge in [-0.25, -0.2) is 9.78 Å². The number of methoxy groups -OCH3 is 2. The van der Waals surface area contributed by atoms with Gasteiger partial charge in [0.05, 0.1) is 44.7 Å². The number of amides is 1. The van der Waals surface area contributed by atoms with Gasteiger partial charge in [-0.15, -0.1) is 0 Å². The maximum Gasteiger partial charge on any atom is 0.350 e. The second kappa shape index (κ2) is 14.2. The molecule has 1 fully saturated rings. The van der Waals surface area contributed by atoms with E-state index in [1.54, 1.807) is 49.4 Å². The summed E-state index contributed by atoms with van der Waals surface area (Å²) in [6, 6.07) is 10.7. The molecule has 3 aromatic rings. The molecule has 1 amide bonds. The van der Waals surface area contributed by atoms with E-state index in [0.29, 0.717) is 47.3 Å². The number of esters is 1. The summed E-state index contributed by atoms with van der Waals surface area (Å²) in [6.07, 6.45) is 3.76. The van der Waals surface area contributed by atoms with Crippen molar-refractivity contribution >= 4 is 39.9 Å². The quantitative estimate of drug-likeness (QED) is 0.0790. The van der Waals surface area contributed by atoms with Crippen molar-refractivity contribution in [2.45, 2.75) is 52.5 Å². The fourth-order valence-corrected chi connectivity index (χ4v) is 5.74. The largest absolute Gasteiger partial charge is 0.507 e. The molecule has 2 aromatic carbocycles. The normalized spacial score (nSPS) is 15.9. The van der Waals surface area contributed by atoms with Crippen LogP contribution in [0.5, 0.6) is 17.2 Å². The molecule has 0 spiro atoms. The number of nitrogens with zero attached hydrogens (tertiary/aromatic N) is 2. The molecule has 10 nitrogen and oxygen atoms in total. The Hall–Kier alpha value is -4.38. The highest BCUT2D eigenvalue weighted by molar-refractivity contribution is 7.17. The smallest absolute Gasteiger partial charge is 0.350 e. The van der Waals surface area contributed by atoms with Gasteiger partial charge in [-0.3, -0.25) is 14.5 Å². The lowest BCUT2D eigenvalue weighted by Gasteiger charge is -2.24. The summed E-state index contributed by atoms with van der Waals surface area (Å²) in [5.74, 6) is -1.33. The van der Waals surface area contributed by atoms with Crippen molar-refractivity contribution in [3.8, 4) is 17.2 Å². The predicted octanol–water partition coefficient (Wildman–Crippen LogP) is 6.23. The molecule has 1 N–H and O–H groups in total. The molecule has 228 valence electrons. The van der Waals surface area contributed by atoms with Crippen LogP contribution in [-0.2, 0) is 14.3 Å². The van der Waals surface area contributed by atoms with E-state index in [1.807, 2.05) is 6.92 Å². The third-order valence-electron chi connectivity index (χ3n) is 6.90. The average molecular weight is 609 g/mol. The standard InChI is InChI=1S/C32H36N2O8S/c1-6-8-9-16-42-23-14-13-20(18-24(23)39-4)26-25(27(35)21-11-10-12-22(17-21)41-15-7-2)28(36)30(37)34(26)32-33-19(3)29(43-32)31(38)40-5/h10-14,17-18,26,35H,6-9,15-16H2,1-5H3. The minimum absolute atomic E-state index is 0.114. The Morgan fingerprint density at radius 1 is 1.00 bits per heavy atom. The Balaban J connectivity index is 1.87. The molecule has 1 unspecified atom stereocenters. The number of carbonyl (C=O) groups excluding carboxylic acids is 3. The van der Waals surface area contributed by atoms with E-state index >= 15 is 0 Å². The van der Waals surface area contributed by atoms with Gasteiger partial charge in [-0.1, -0.05) is 56.2 Å². The summed E-state index contributed by atoms with van der Waals surface area (Å²) in [6.45, 7) is 6.69. The fourth-order valence-electron chi connectivity index (χ4n) is 4.73. The molecule has 2 heterocycles. The van der Waals surface area contributed by atoms with Crippen LogP contribution in [0.1, 0.15) is 72.1 Å². The van der Waals surface area contributed by atoms with Crippen LogP contribution in [0.2, 0.25) is 0 Å². The third-order valence-corrected chi connectivity index (χ3v) is 8.03. The van der Waals surface area contributed by atoms with Crippen LogP contribution in [0.25, 0.3) is 5.76 Å². The number of Topliss-reactive ketones (excluding diaryl/α,β-unsaturated/α-hetero) is 1. The van der Waals surface area contributed by atoms with Gasteiger partial charge >= 0.3 is 11.9 Å². The first-order valence-corrected chi connectivity index (χ1v) is 15.0. The molecule has 1 aliphatic rings. The fraction of sp³-hybridized carbons (Fsp3) is 0.375. The minimum atomic E-state index is -1.08. The lowest BCUT2D eigenvalue weighted by Crippen LogP contribution is -2.29. The molecule has 0 saturated carbocycles. The highest BCUT2D eigenvalue weighted by Gasteiger charge is 2.48. The molecule has 0 bridgehead atoms. The van der Waals surface area contributed by atoms with Gasteiger partial charge in [0.2, 0.25) is 0 Å². The first-order valence-electron chi connectivity index (χ1n) is 14.2. The first-order chi connectivity index (χ1) is 20.7. The molecular formula is C32H36N2O8S. The van der Waals surface area contributed by atoms with E-state index in [2.05, 4.69) is 11.9 Å². The van der Waals surface area contributed by atoms with Crippen LogP contribution in [-0.4, -0.2) is 55.2 Å². The molecule has 11 heteroatoms. The lowest BCUT2D eigenvalue weighted by molar-refractivity contribution is -0.132. The van der Waals surface area contributed by atoms with Crippen LogP contribution in [0.4, 0.5) is 5.13 Å². The van der Waals surface area contributed by atoms with Gasteiger partial charge in [-0.2, -0.15) is 0 Å². The molecular weight excluding hydrogens is 572 g/mol. The van der Waals surface area contributed by atoms with E-state index in [4.69, 9.17) is 18.9 Å². The van der Waals surface area contributed by atoms with Crippen LogP contribution in [0.15, 0.2) is 48.0 Å². The summed E-state index contributed by atoms with van der Waals surface area (Å²) in [4.78, 5) is 45.5. The van der Waals surface area contributed by atoms with Crippen molar-refractivity contribution in [1.29, 1.82) is 0 Å². The molecule has 43 heavy (non-hydrogen) atoms. The van der Waals surface area contributed by atoms with Crippen molar-refractivity contribution in [1.82, 2.24) is 4.98 Å². The van der Waals surface area contributed by atoms with Crippen molar-refractivity contribution in [3.63, 3.8) is 0 Å². The maximum atomic E-state index is 13.6. The molecule has 4 rings (SSSR count). The summed E-state index contributed by atoms with van der Waals surface area (Å²) in [5.41, 5.74) is 1.000. The number of anilines is 1. The molecule has 0 aliphatic carbocycles. The van der Waals surface area contributed by atoms with Crippen molar-refractivity contribution in [2.24, 2.45) is 0 Å². The second-order valence-electron chi connectivity index (χ2n) is 9.91. The van der Waals surface area contributed by atoms with Crippen LogP contribution >= 0.6 is 11.3 Å². The molecule has 1 saturated heterocycles. The third kappa shape index (κ3) is 6.67. The van der Waals surface area contributed by atoms with Gasteiger partial charge in [0.1, 0.15) is 16.4 Å². The van der Waals surface area contributed by atoms with Crippen molar-refractivity contribution in [3.05, 3.63) is 69.7 Å². The topological polar surface area (TPSA) is 124 Å².